The normalized spacial score (nSPS) is 11.2. The maximum Gasteiger partial charge on any atom is 0.335 e. The number of carbonyl (C=O) groups is 1. The first kappa shape index (κ1) is 22.3. The molecule has 3 aromatic carbocycles. The zero-order chi connectivity index (χ0) is 22.4. The number of nitrogens with zero attached hydrogens (tertiary/aromatic N) is 1. The Bertz CT molecular complexity index is 1140. The van der Waals surface area contributed by atoms with Crippen LogP contribution in [-0.4, -0.2) is 37.8 Å². The van der Waals surface area contributed by atoms with Crippen LogP contribution in [0.5, 0.6) is 5.75 Å². The first-order valence-electron chi connectivity index (χ1n) is 9.57. The molecule has 0 radical (unpaired) electrons. The summed E-state index contributed by atoms with van der Waals surface area (Å²) in [5.41, 5.74) is 2.09. The van der Waals surface area contributed by atoms with Gasteiger partial charge in [-0.2, -0.15) is 0 Å². The van der Waals surface area contributed by atoms with Gasteiger partial charge in [0.15, 0.2) is 0 Å². The summed E-state index contributed by atoms with van der Waals surface area (Å²) in [6, 6.07) is 19.4. The van der Waals surface area contributed by atoms with E-state index in [1.807, 2.05) is 6.92 Å². The number of aryl methyl sites for hydroxylation is 1. The fourth-order valence-electron chi connectivity index (χ4n) is 3.03. The molecule has 0 fully saturated rings. The average Bonchev–Trinajstić information content (AvgIpc) is 2.77. The van der Waals surface area contributed by atoms with Crippen molar-refractivity contribution in [3.05, 3.63) is 89.5 Å². The summed E-state index contributed by atoms with van der Waals surface area (Å²) in [6.45, 7) is 1.48. The van der Waals surface area contributed by atoms with Gasteiger partial charge in [-0.05, 0) is 54.4 Å². The molecule has 7 nitrogen and oxygen atoms in total. The van der Waals surface area contributed by atoms with Crippen LogP contribution in [0.4, 0.5) is 5.69 Å². The molecular weight excluding hydrogens is 418 g/mol. The second kappa shape index (κ2) is 9.63. The highest BCUT2D eigenvalue weighted by molar-refractivity contribution is 7.92. The Labute approximate surface area is 181 Å². The molecule has 2 N–H and O–H groups in total. The molecule has 0 unspecified atom stereocenters. The number of ether oxygens (including phenoxy) is 1. The van der Waals surface area contributed by atoms with Crippen LogP contribution in [-0.2, 0) is 16.6 Å². The van der Waals surface area contributed by atoms with E-state index in [9.17, 15) is 18.3 Å². The lowest BCUT2D eigenvalue weighted by atomic mass is 10.1. The number of benzene rings is 3. The Hall–Kier alpha value is -3.36. The van der Waals surface area contributed by atoms with Crippen LogP contribution in [0.15, 0.2) is 77.7 Å². The van der Waals surface area contributed by atoms with Crippen LogP contribution in [0.25, 0.3) is 0 Å². The molecule has 0 aromatic heterocycles. The van der Waals surface area contributed by atoms with Crippen molar-refractivity contribution in [2.24, 2.45) is 0 Å². The number of anilines is 1. The molecule has 0 saturated heterocycles. The third-order valence-corrected chi connectivity index (χ3v) is 6.44. The number of hydrogen-bond donors (Lipinski definition) is 2. The van der Waals surface area contributed by atoms with E-state index in [2.05, 4.69) is 0 Å². The van der Waals surface area contributed by atoms with Gasteiger partial charge in [0, 0.05) is 0 Å². The number of sulfonamides is 1. The number of aromatic carboxylic acids is 1. The number of aliphatic hydroxyl groups is 1. The Morgan fingerprint density at radius 2 is 1.68 bits per heavy atom. The van der Waals surface area contributed by atoms with Gasteiger partial charge in [0.2, 0.25) is 0 Å². The van der Waals surface area contributed by atoms with Crippen molar-refractivity contribution in [3.8, 4) is 5.75 Å². The molecule has 0 amide bonds. The number of rotatable bonds is 9. The topological polar surface area (TPSA) is 104 Å². The third kappa shape index (κ3) is 5.22. The fourth-order valence-corrected chi connectivity index (χ4v) is 4.52. The van der Waals surface area contributed by atoms with Gasteiger partial charge in [0.1, 0.15) is 12.4 Å². The predicted octanol–water partition coefficient (Wildman–Crippen LogP) is 3.46. The second-order valence-corrected chi connectivity index (χ2v) is 8.74. The van der Waals surface area contributed by atoms with Gasteiger partial charge in [-0.15, -0.1) is 0 Å². The molecule has 162 valence electrons. The lowest BCUT2D eigenvalue weighted by molar-refractivity contribution is 0.0697. The van der Waals surface area contributed by atoms with E-state index in [4.69, 9.17) is 9.84 Å². The summed E-state index contributed by atoms with van der Waals surface area (Å²) in [7, 11) is -3.92. The van der Waals surface area contributed by atoms with Gasteiger partial charge in [0.05, 0.1) is 29.3 Å². The van der Waals surface area contributed by atoms with Crippen molar-refractivity contribution < 1.29 is 28.2 Å². The van der Waals surface area contributed by atoms with E-state index in [0.717, 1.165) is 15.4 Å². The molecule has 8 heteroatoms. The van der Waals surface area contributed by atoms with E-state index in [1.54, 1.807) is 48.5 Å². The van der Waals surface area contributed by atoms with Crippen LogP contribution < -0.4 is 9.04 Å². The van der Waals surface area contributed by atoms with E-state index in [1.165, 1.54) is 24.3 Å². The molecule has 0 heterocycles. The summed E-state index contributed by atoms with van der Waals surface area (Å²) < 4.78 is 33.5. The highest BCUT2D eigenvalue weighted by Crippen LogP contribution is 2.34. The van der Waals surface area contributed by atoms with Gasteiger partial charge in [0.25, 0.3) is 10.0 Å². The lowest BCUT2D eigenvalue weighted by Crippen LogP contribution is -2.34. The molecule has 3 aromatic rings. The molecule has 0 aliphatic heterocycles. The average molecular weight is 442 g/mol. The first-order chi connectivity index (χ1) is 14.8. The summed E-state index contributed by atoms with van der Waals surface area (Å²) in [5.74, 6) is -0.672. The minimum atomic E-state index is -3.92. The van der Waals surface area contributed by atoms with Gasteiger partial charge >= 0.3 is 5.97 Å². The largest absolute Gasteiger partial charge is 0.487 e. The van der Waals surface area contributed by atoms with Crippen molar-refractivity contribution in [1.29, 1.82) is 0 Å². The van der Waals surface area contributed by atoms with E-state index < -0.39 is 16.0 Å². The molecule has 0 aliphatic carbocycles. The van der Waals surface area contributed by atoms with Crippen LogP contribution in [0.1, 0.15) is 21.5 Å². The molecule has 0 atom stereocenters. The third-order valence-electron chi connectivity index (χ3n) is 4.61. The zero-order valence-corrected chi connectivity index (χ0v) is 17.7. The molecule has 0 aliphatic rings. The van der Waals surface area contributed by atoms with Gasteiger partial charge in [-0.3, -0.25) is 4.31 Å². The Kier molecular flexibility index (Phi) is 6.94. The standard InChI is InChI=1S/C23H23NO6S/c1-17-7-12-21(24(13-14-25)31(28,29)20-5-3-2-4-6-20)22(15-17)30-16-18-8-10-19(11-9-18)23(26)27/h2-12,15,25H,13-14,16H2,1H3,(H,26,27). The van der Waals surface area contributed by atoms with Gasteiger partial charge in [-0.25, -0.2) is 13.2 Å². The zero-order valence-electron chi connectivity index (χ0n) is 16.9. The van der Waals surface area contributed by atoms with Gasteiger partial charge in [-0.1, -0.05) is 36.4 Å². The Balaban J connectivity index is 1.93. The molecular formula is C23H23NO6S. The van der Waals surface area contributed by atoms with E-state index in [-0.39, 0.29) is 30.2 Å². The second-order valence-electron chi connectivity index (χ2n) is 6.88. The van der Waals surface area contributed by atoms with Gasteiger partial charge < -0.3 is 14.9 Å². The Morgan fingerprint density at radius 3 is 2.29 bits per heavy atom. The highest BCUT2D eigenvalue weighted by atomic mass is 32.2. The fraction of sp³-hybridized carbons (Fsp3) is 0.174. The van der Waals surface area contributed by atoms with Crippen molar-refractivity contribution in [1.82, 2.24) is 0 Å². The molecule has 0 saturated carbocycles. The Morgan fingerprint density at radius 1 is 1.00 bits per heavy atom. The highest BCUT2D eigenvalue weighted by Gasteiger charge is 2.27. The molecule has 31 heavy (non-hydrogen) atoms. The summed E-state index contributed by atoms with van der Waals surface area (Å²) in [4.78, 5) is 11.1. The minimum Gasteiger partial charge on any atom is -0.487 e. The van der Waals surface area contributed by atoms with E-state index >= 15 is 0 Å². The maximum absolute atomic E-state index is 13.2. The minimum absolute atomic E-state index is 0.110. The SMILES string of the molecule is Cc1ccc(N(CCO)S(=O)(=O)c2ccccc2)c(OCc2ccc(C(=O)O)cc2)c1. The molecule has 3 rings (SSSR count). The van der Waals surface area contributed by atoms with Crippen LogP contribution >= 0.6 is 0 Å². The van der Waals surface area contributed by atoms with Crippen molar-refractivity contribution in [2.75, 3.05) is 17.5 Å². The van der Waals surface area contributed by atoms with Crippen LogP contribution in [0, 0.1) is 6.92 Å². The van der Waals surface area contributed by atoms with Crippen molar-refractivity contribution in [3.63, 3.8) is 0 Å². The number of carboxylic acids is 1. The first-order valence-corrected chi connectivity index (χ1v) is 11.0. The smallest absolute Gasteiger partial charge is 0.335 e. The number of aliphatic hydroxyl groups excluding tert-OH is 1. The summed E-state index contributed by atoms with van der Waals surface area (Å²) >= 11 is 0. The quantitative estimate of drug-likeness (QED) is 0.527. The maximum atomic E-state index is 13.2. The molecule has 0 bridgehead atoms. The van der Waals surface area contributed by atoms with Crippen LogP contribution in [0.2, 0.25) is 0 Å². The van der Waals surface area contributed by atoms with E-state index in [0.29, 0.717) is 11.4 Å². The summed E-state index contributed by atoms with van der Waals surface area (Å²) in [5, 5.41) is 18.6. The van der Waals surface area contributed by atoms with Crippen molar-refractivity contribution >= 4 is 21.7 Å². The lowest BCUT2D eigenvalue weighted by Gasteiger charge is -2.26. The monoisotopic (exact) mass is 441 g/mol. The predicted molar refractivity (Wildman–Crippen MR) is 117 cm³/mol. The number of hydrogen-bond acceptors (Lipinski definition) is 5. The number of carboxylic acid groups (broad SMARTS) is 1. The van der Waals surface area contributed by atoms with Crippen molar-refractivity contribution in [2.45, 2.75) is 18.4 Å². The molecule has 0 spiro atoms. The summed E-state index contributed by atoms with van der Waals surface area (Å²) in [6.07, 6.45) is 0. The van der Waals surface area contributed by atoms with Crippen LogP contribution in [0.3, 0.4) is 0 Å².